The van der Waals surface area contributed by atoms with Gasteiger partial charge in [0.05, 0.1) is 10.1 Å². The molecule has 1 unspecified atom stereocenters. The summed E-state index contributed by atoms with van der Waals surface area (Å²) in [7, 11) is -3.09. The second-order valence-electron chi connectivity index (χ2n) is 3.43. The van der Waals surface area contributed by atoms with Crippen molar-refractivity contribution in [1.29, 1.82) is 0 Å². The van der Waals surface area contributed by atoms with E-state index < -0.39 is 9.84 Å². The molecule has 13 heavy (non-hydrogen) atoms. The summed E-state index contributed by atoms with van der Waals surface area (Å²) in [6.07, 6.45) is 0.609. The van der Waals surface area contributed by atoms with Gasteiger partial charge in [-0.05, 0) is 31.0 Å². The summed E-state index contributed by atoms with van der Waals surface area (Å²) in [4.78, 5) is 0.417. The van der Waals surface area contributed by atoms with E-state index in [-0.39, 0.29) is 5.25 Å². The zero-order valence-corrected chi connectivity index (χ0v) is 8.14. The molecule has 1 aliphatic heterocycles. The molecule has 0 spiro atoms. The molecule has 0 saturated heterocycles. The van der Waals surface area contributed by atoms with Crippen LogP contribution in [0.1, 0.15) is 12.5 Å². The number of hydrogen-bond donors (Lipinski definition) is 1. The van der Waals surface area contributed by atoms with E-state index in [1.807, 2.05) is 0 Å². The summed E-state index contributed by atoms with van der Waals surface area (Å²) < 4.78 is 23.4. The Morgan fingerprint density at radius 2 is 2.15 bits per heavy atom. The molecule has 1 atom stereocenters. The molecule has 1 aromatic carbocycles. The third-order valence-corrected chi connectivity index (χ3v) is 4.65. The van der Waals surface area contributed by atoms with Crippen molar-refractivity contribution in [1.82, 2.24) is 0 Å². The van der Waals surface area contributed by atoms with Crippen molar-refractivity contribution in [3.63, 3.8) is 0 Å². The first-order valence-corrected chi connectivity index (χ1v) is 5.69. The highest BCUT2D eigenvalue weighted by Crippen LogP contribution is 2.32. The Morgan fingerprint density at radius 1 is 1.46 bits per heavy atom. The number of rotatable bonds is 0. The molecule has 3 nitrogen and oxygen atoms in total. The van der Waals surface area contributed by atoms with Crippen LogP contribution in [-0.2, 0) is 16.3 Å². The van der Waals surface area contributed by atoms with Gasteiger partial charge in [-0.15, -0.1) is 0 Å². The lowest BCUT2D eigenvalue weighted by Crippen LogP contribution is -2.11. The molecule has 70 valence electrons. The first kappa shape index (κ1) is 8.56. The summed E-state index contributed by atoms with van der Waals surface area (Å²) >= 11 is 0. The van der Waals surface area contributed by atoms with Crippen molar-refractivity contribution in [3.8, 4) is 0 Å². The summed E-state index contributed by atoms with van der Waals surface area (Å²) in [5.41, 5.74) is 6.93. The minimum atomic E-state index is -3.09. The lowest BCUT2D eigenvalue weighted by Gasteiger charge is -2.00. The molecule has 0 radical (unpaired) electrons. The van der Waals surface area contributed by atoms with E-state index in [9.17, 15) is 8.42 Å². The first-order chi connectivity index (χ1) is 6.01. The van der Waals surface area contributed by atoms with Crippen LogP contribution >= 0.6 is 0 Å². The van der Waals surface area contributed by atoms with Crippen LogP contribution in [0, 0.1) is 0 Å². The standard InChI is InChI=1S/C9H11NO2S/c1-6-4-7-2-3-8(10)5-9(7)13(6,11)12/h2-3,5-6H,4,10H2,1H3. The second-order valence-corrected chi connectivity index (χ2v) is 5.76. The van der Waals surface area contributed by atoms with Gasteiger partial charge in [-0.2, -0.15) is 0 Å². The monoisotopic (exact) mass is 197 g/mol. The molecule has 0 amide bonds. The third kappa shape index (κ3) is 1.13. The highest BCUT2D eigenvalue weighted by molar-refractivity contribution is 7.92. The predicted octanol–water partition coefficient (Wildman–Crippen LogP) is 0.987. The quantitative estimate of drug-likeness (QED) is 0.631. The molecule has 2 N–H and O–H groups in total. The fraction of sp³-hybridized carbons (Fsp3) is 0.333. The zero-order chi connectivity index (χ0) is 9.64. The predicted molar refractivity (Wildman–Crippen MR) is 51.2 cm³/mol. The highest BCUT2D eigenvalue weighted by atomic mass is 32.2. The Kier molecular flexibility index (Phi) is 1.63. The molecule has 0 aliphatic carbocycles. The minimum absolute atomic E-state index is 0.302. The molecule has 0 saturated carbocycles. The van der Waals surface area contributed by atoms with E-state index in [1.165, 1.54) is 0 Å². The van der Waals surface area contributed by atoms with Crippen LogP contribution in [0.5, 0.6) is 0 Å². The third-order valence-electron chi connectivity index (χ3n) is 2.43. The van der Waals surface area contributed by atoms with Crippen molar-refractivity contribution >= 4 is 15.5 Å². The summed E-state index contributed by atoms with van der Waals surface area (Å²) in [5, 5.41) is -0.302. The molecular weight excluding hydrogens is 186 g/mol. The van der Waals surface area contributed by atoms with Crippen LogP contribution in [0.3, 0.4) is 0 Å². The summed E-state index contributed by atoms with van der Waals surface area (Å²) in [5.74, 6) is 0. The Hall–Kier alpha value is -1.03. The van der Waals surface area contributed by atoms with Gasteiger partial charge in [0.15, 0.2) is 9.84 Å². The molecule has 1 aliphatic rings. The van der Waals surface area contributed by atoms with Gasteiger partial charge in [-0.3, -0.25) is 0 Å². The lowest BCUT2D eigenvalue weighted by molar-refractivity contribution is 0.590. The van der Waals surface area contributed by atoms with Crippen LogP contribution < -0.4 is 5.73 Å². The van der Waals surface area contributed by atoms with E-state index >= 15 is 0 Å². The van der Waals surface area contributed by atoms with Gasteiger partial charge in [0.25, 0.3) is 0 Å². The number of fused-ring (bicyclic) bond motifs is 1. The fourth-order valence-corrected chi connectivity index (χ4v) is 3.29. The van der Waals surface area contributed by atoms with Crippen molar-refractivity contribution in [2.75, 3.05) is 5.73 Å². The maximum Gasteiger partial charge on any atom is 0.181 e. The molecule has 0 bridgehead atoms. The second kappa shape index (κ2) is 2.48. The van der Waals surface area contributed by atoms with E-state index in [1.54, 1.807) is 25.1 Å². The largest absolute Gasteiger partial charge is 0.399 e. The highest BCUT2D eigenvalue weighted by Gasteiger charge is 2.33. The van der Waals surface area contributed by atoms with Gasteiger partial charge in [0.1, 0.15) is 0 Å². The maximum atomic E-state index is 11.7. The Balaban J connectivity index is 2.71. The number of benzene rings is 1. The smallest absolute Gasteiger partial charge is 0.181 e. The number of hydrogen-bond acceptors (Lipinski definition) is 3. The maximum absolute atomic E-state index is 11.7. The van der Waals surface area contributed by atoms with Gasteiger partial charge in [-0.25, -0.2) is 8.42 Å². The average molecular weight is 197 g/mol. The number of nitrogens with two attached hydrogens (primary N) is 1. The number of anilines is 1. The Labute approximate surface area is 77.5 Å². The van der Waals surface area contributed by atoms with Gasteiger partial charge in [-0.1, -0.05) is 6.07 Å². The Bertz CT molecular complexity index is 451. The number of sulfone groups is 1. The van der Waals surface area contributed by atoms with Crippen molar-refractivity contribution in [3.05, 3.63) is 23.8 Å². The minimum Gasteiger partial charge on any atom is -0.399 e. The summed E-state index contributed by atoms with van der Waals surface area (Å²) in [6.45, 7) is 1.73. The lowest BCUT2D eigenvalue weighted by atomic mass is 10.1. The molecule has 1 heterocycles. The van der Waals surface area contributed by atoms with Crippen LogP contribution in [0.4, 0.5) is 5.69 Å². The molecule has 2 rings (SSSR count). The van der Waals surface area contributed by atoms with Crippen LogP contribution in [0.2, 0.25) is 0 Å². The topological polar surface area (TPSA) is 60.2 Å². The van der Waals surface area contributed by atoms with Crippen LogP contribution in [0.25, 0.3) is 0 Å². The first-order valence-electron chi connectivity index (χ1n) is 4.14. The van der Waals surface area contributed by atoms with E-state index in [0.29, 0.717) is 17.0 Å². The van der Waals surface area contributed by atoms with E-state index in [2.05, 4.69) is 0 Å². The van der Waals surface area contributed by atoms with Gasteiger partial charge >= 0.3 is 0 Å². The summed E-state index contributed by atoms with van der Waals surface area (Å²) in [6, 6.07) is 5.09. The molecule has 0 aromatic heterocycles. The normalized spacial score (nSPS) is 24.2. The fourth-order valence-electron chi connectivity index (χ4n) is 1.64. The van der Waals surface area contributed by atoms with E-state index in [0.717, 1.165) is 5.56 Å². The molecular formula is C9H11NO2S. The molecule has 0 fully saturated rings. The SMILES string of the molecule is CC1Cc2ccc(N)cc2S1(=O)=O. The number of nitrogen functional groups attached to an aromatic ring is 1. The molecule has 1 aromatic rings. The molecule has 4 heteroatoms. The van der Waals surface area contributed by atoms with E-state index in [4.69, 9.17) is 5.73 Å². The Morgan fingerprint density at radius 3 is 2.85 bits per heavy atom. The van der Waals surface area contributed by atoms with Crippen LogP contribution in [0.15, 0.2) is 23.1 Å². The van der Waals surface area contributed by atoms with Gasteiger partial charge in [0, 0.05) is 5.69 Å². The van der Waals surface area contributed by atoms with Crippen molar-refractivity contribution in [2.24, 2.45) is 0 Å². The van der Waals surface area contributed by atoms with Crippen molar-refractivity contribution in [2.45, 2.75) is 23.5 Å². The van der Waals surface area contributed by atoms with Gasteiger partial charge < -0.3 is 5.73 Å². The van der Waals surface area contributed by atoms with Gasteiger partial charge in [0.2, 0.25) is 0 Å². The van der Waals surface area contributed by atoms with Crippen LogP contribution in [-0.4, -0.2) is 13.7 Å². The van der Waals surface area contributed by atoms with Crippen molar-refractivity contribution < 1.29 is 8.42 Å². The average Bonchev–Trinajstić information content (AvgIpc) is 2.27. The zero-order valence-electron chi connectivity index (χ0n) is 7.32.